The van der Waals surface area contributed by atoms with E-state index in [1.807, 2.05) is 27.2 Å². The van der Waals surface area contributed by atoms with Gasteiger partial charge in [0, 0.05) is 6.42 Å². The second kappa shape index (κ2) is 48.0. The first-order chi connectivity index (χ1) is 31.5. The Morgan fingerprint density at radius 3 is 1.25 bits per heavy atom. The molecule has 0 aromatic rings. The van der Waals surface area contributed by atoms with E-state index in [-0.39, 0.29) is 19.1 Å². The smallest absolute Gasteiger partial charge is 0.268 e. The Balaban J connectivity index is 4.12. The first-order valence-corrected chi connectivity index (χ1v) is 29.7. The maximum atomic E-state index is 12.9. The van der Waals surface area contributed by atoms with Crippen molar-refractivity contribution in [3.63, 3.8) is 0 Å². The number of hydrogen-bond donors (Lipinski definition) is 2. The Kier molecular flexibility index (Phi) is 47.3. The van der Waals surface area contributed by atoms with Crippen LogP contribution in [-0.2, 0) is 18.4 Å². The lowest BCUT2D eigenvalue weighted by molar-refractivity contribution is -0.870. The van der Waals surface area contributed by atoms with Gasteiger partial charge in [0.1, 0.15) is 13.2 Å². The van der Waals surface area contributed by atoms with E-state index in [1.54, 1.807) is 6.08 Å². The lowest BCUT2D eigenvalue weighted by Crippen LogP contribution is -2.45. The highest BCUT2D eigenvalue weighted by atomic mass is 31.2. The number of carbonyl (C=O) groups is 1. The van der Waals surface area contributed by atoms with E-state index >= 15 is 0 Å². The number of nitrogens with zero attached hydrogens (tertiary/aromatic N) is 1. The van der Waals surface area contributed by atoms with E-state index in [0.29, 0.717) is 17.4 Å². The summed E-state index contributed by atoms with van der Waals surface area (Å²) in [7, 11) is 1.26. The van der Waals surface area contributed by atoms with Crippen molar-refractivity contribution in [1.29, 1.82) is 0 Å². The van der Waals surface area contributed by atoms with Gasteiger partial charge >= 0.3 is 0 Å². The molecule has 0 bridgehead atoms. The molecule has 0 saturated carbocycles. The van der Waals surface area contributed by atoms with Gasteiger partial charge in [0.2, 0.25) is 5.91 Å². The Hall–Kier alpha value is -1.02. The maximum Gasteiger partial charge on any atom is 0.268 e. The summed E-state index contributed by atoms with van der Waals surface area (Å²) in [5, 5.41) is 13.8. The molecule has 386 valence electrons. The normalized spacial score (nSPS) is 14.1. The molecule has 9 heteroatoms. The van der Waals surface area contributed by atoms with Crippen LogP contribution in [0.5, 0.6) is 0 Å². The quantitative estimate of drug-likeness (QED) is 0.0272. The van der Waals surface area contributed by atoms with Gasteiger partial charge in [-0.1, -0.05) is 263 Å². The lowest BCUT2D eigenvalue weighted by Gasteiger charge is -2.29. The maximum absolute atomic E-state index is 12.9. The van der Waals surface area contributed by atoms with Gasteiger partial charge in [0.15, 0.2) is 0 Å². The van der Waals surface area contributed by atoms with Crippen molar-refractivity contribution in [3.05, 3.63) is 24.3 Å². The third-order valence-electron chi connectivity index (χ3n) is 12.9. The highest BCUT2D eigenvalue weighted by Gasteiger charge is 2.23. The summed E-state index contributed by atoms with van der Waals surface area (Å²) in [6, 6.07) is -0.899. The van der Waals surface area contributed by atoms with Crippen LogP contribution in [0.3, 0.4) is 0 Å². The molecule has 65 heavy (non-hydrogen) atoms. The molecule has 0 aromatic heterocycles. The molecule has 0 rings (SSSR count). The highest BCUT2D eigenvalue weighted by molar-refractivity contribution is 7.45. The number of amides is 1. The summed E-state index contributed by atoms with van der Waals surface area (Å²) >= 11 is 0. The third-order valence-corrected chi connectivity index (χ3v) is 13.9. The lowest BCUT2D eigenvalue weighted by atomic mass is 10.0. The molecule has 2 N–H and O–H groups in total. The number of unbranched alkanes of at least 4 members (excludes halogenated alkanes) is 37. The predicted molar refractivity (Wildman–Crippen MR) is 279 cm³/mol. The fraction of sp³-hybridized carbons (Fsp3) is 0.911. The highest BCUT2D eigenvalue weighted by Crippen LogP contribution is 2.38. The number of allylic oxidation sites excluding steroid dienone is 3. The number of nitrogens with one attached hydrogen (secondary N) is 1. The SMILES string of the molecule is CCCCCCCCCCC/C=C/CC/C=C/C(O)C(COP(=O)([O-])OCC[N+](C)(C)C)NC(=O)CCCCCCCCCCCCCCCCCCCCCCCCCCCCCC. The van der Waals surface area contributed by atoms with Gasteiger partial charge in [0.05, 0.1) is 39.9 Å². The third kappa shape index (κ3) is 50.7. The largest absolute Gasteiger partial charge is 0.756 e. The summed E-state index contributed by atoms with van der Waals surface area (Å²) in [6.07, 6.45) is 59.8. The van der Waals surface area contributed by atoms with Gasteiger partial charge in [-0.25, -0.2) is 0 Å². The van der Waals surface area contributed by atoms with Crippen LogP contribution in [0.15, 0.2) is 24.3 Å². The minimum Gasteiger partial charge on any atom is -0.756 e. The number of phosphoric ester groups is 1. The van der Waals surface area contributed by atoms with Crippen LogP contribution in [0, 0.1) is 0 Å². The molecule has 0 heterocycles. The molecule has 0 radical (unpaired) electrons. The van der Waals surface area contributed by atoms with E-state index in [1.165, 1.54) is 218 Å². The summed E-state index contributed by atoms with van der Waals surface area (Å²) < 4.78 is 23.3. The molecule has 1 amide bonds. The minimum atomic E-state index is -4.60. The van der Waals surface area contributed by atoms with Gasteiger partial charge in [-0.3, -0.25) is 9.36 Å². The van der Waals surface area contributed by atoms with Crippen LogP contribution in [0.4, 0.5) is 0 Å². The van der Waals surface area contributed by atoms with Crippen LogP contribution in [0.2, 0.25) is 0 Å². The summed E-state index contributed by atoms with van der Waals surface area (Å²) in [5.41, 5.74) is 0. The molecule has 3 unspecified atom stereocenters. The number of rotatable bonds is 52. The number of phosphoric acid groups is 1. The van der Waals surface area contributed by atoms with Gasteiger partial charge in [0.25, 0.3) is 7.82 Å². The van der Waals surface area contributed by atoms with Crippen molar-refractivity contribution in [1.82, 2.24) is 5.32 Å². The standard InChI is InChI=1S/C56H111N2O6P/c1-6-8-10-12-14-16-18-20-22-23-24-25-26-27-28-29-30-31-32-33-34-36-38-40-42-44-46-48-50-56(60)57-54(53-64-65(61,62)63-52-51-58(3,4)5)55(59)49-47-45-43-41-39-37-35-21-19-17-15-13-11-9-7-2/h39,41,47,49,54-55,59H,6-38,40,42-46,48,50-53H2,1-5H3,(H-,57,60,61,62)/b41-39+,49-47+. The first kappa shape index (κ1) is 64.0. The number of quaternary nitrogens is 1. The molecule has 0 fully saturated rings. The monoisotopic (exact) mass is 939 g/mol. The topological polar surface area (TPSA) is 108 Å². The fourth-order valence-electron chi connectivity index (χ4n) is 8.47. The van der Waals surface area contributed by atoms with Crippen LogP contribution >= 0.6 is 7.82 Å². The molecule has 0 aliphatic heterocycles. The van der Waals surface area contributed by atoms with Crippen molar-refractivity contribution in [2.45, 2.75) is 289 Å². The predicted octanol–water partition coefficient (Wildman–Crippen LogP) is 16.2. The van der Waals surface area contributed by atoms with E-state index in [4.69, 9.17) is 9.05 Å². The fourth-order valence-corrected chi connectivity index (χ4v) is 9.19. The Bertz CT molecular complexity index is 1110. The Morgan fingerprint density at radius 2 is 0.862 bits per heavy atom. The zero-order valence-electron chi connectivity index (χ0n) is 44.0. The van der Waals surface area contributed by atoms with Crippen LogP contribution in [-0.4, -0.2) is 68.5 Å². The van der Waals surface area contributed by atoms with Crippen LogP contribution in [0.25, 0.3) is 0 Å². The zero-order valence-corrected chi connectivity index (χ0v) is 44.9. The van der Waals surface area contributed by atoms with Gasteiger partial charge < -0.3 is 28.8 Å². The van der Waals surface area contributed by atoms with Crippen LogP contribution in [0.1, 0.15) is 277 Å². The molecule has 0 saturated heterocycles. The van der Waals surface area contributed by atoms with Gasteiger partial charge in [-0.05, 0) is 32.1 Å². The molecule has 0 aliphatic carbocycles. The number of carbonyl (C=O) groups excluding carboxylic acids is 1. The van der Waals surface area contributed by atoms with Gasteiger partial charge in [-0.15, -0.1) is 0 Å². The van der Waals surface area contributed by atoms with Crippen molar-refractivity contribution < 1.29 is 32.9 Å². The second-order valence-corrected chi connectivity index (χ2v) is 22.1. The van der Waals surface area contributed by atoms with E-state index in [0.717, 1.165) is 38.5 Å². The number of likely N-dealkylation sites (N-methyl/N-ethyl adjacent to an activating group) is 1. The molecule has 8 nitrogen and oxygen atoms in total. The second-order valence-electron chi connectivity index (χ2n) is 20.6. The Morgan fingerprint density at radius 1 is 0.523 bits per heavy atom. The van der Waals surface area contributed by atoms with Crippen molar-refractivity contribution in [2.75, 3.05) is 40.9 Å². The van der Waals surface area contributed by atoms with E-state index < -0.39 is 20.0 Å². The van der Waals surface area contributed by atoms with Crippen molar-refractivity contribution >= 4 is 13.7 Å². The average Bonchev–Trinajstić information content (AvgIpc) is 3.26. The van der Waals surface area contributed by atoms with E-state index in [2.05, 4.69) is 31.3 Å². The molecular formula is C56H111N2O6P. The molecule has 3 atom stereocenters. The molecule has 0 aromatic carbocycles. The summed E-state index contributed by atoms with van der Waals surface area (Å²) in [4.78, 5) is 25.4. The number of hydrogen-bond acceptors (Lipinski definition) is 6. The van der Waals surface area contributed by atoms with Gasteiger partial charge in [-0.2, -0.15) is 0 Å². The number of aliphatic hydroxyl groups excluding tert-OH is 1. The van der Waals surface area contributed by atoms with Crippen molar-refractivity contribution in [2.24, 2.45) is 0 Å². The average molecular weight is 939 g/mol. The molecule has 0 spiro atoms. The molecule has 0 aliphatic rings. The Labute approximate surface area is 404 Å². The zero-order chi connectivity index (χ0) is 47.8. The number of aliphatic hydroxyl groups is 1. The summed E-state index contributed by atoms with van der Waals surface area (Å²) in [6.45, 7) is 4.66. The summed E-state index contributed by atoms with van der Waals surface area (Å²) in [5.74, 6) is -0.202. The molecular weight excluding hydrogens is 828 g/mol. The minimum absolute atomic E-state index is 0.00392. The van der Waals surface area contributed by atoms with E-state index in [9.17, 15) is 19.4 Å². The first-order valence-electron chi connectivity index (χ1n) is 28.2. The van der Waals surface area contributed by atoms with Crippen LogP contribution < -0.4 is 10.2 Å². The van der Waals surface area contributed by atoms with Crippen molar-refractivity contribution in [3.8, 4) is 0 Å².